The van der Waals surface area contributed by atoms with Crippen LogP contribution >= 0.6 is 11.6 Å². The lowest BCUT2D eigenvalue weighted by molar-refractivity contribution is -0.137. The molecule has 2 aromatic carbocycles. The van der Waals surface area contributed by atoms with E-state index in [1.807, 2.05) is 18.2 Å². The van der Waals surface area contributed by atoms with Crippen molar-refractivity contribution in [3.63, 3.8) is 0 Å². The molecule has 2 heterocycles. The Balaban J connectivity index is 1.51. The summed E-state index contributed by atoms with van der Waals surface area (Å²) < 4.78 is 40.1. The number of rotatable bonds is 3. The molecular formula is C36H46ClN3O6S. The van der Waals surface area contributed by atoms with Crippen molar-refractivity contribution in [1.29, 1.82) is 0 Å². The third-order valence-electron chi connectivity index (χ3n) is 10.3. The maximum atomic E-state index is 14.8. The van der Waals surface area contributed by atoms with Crippen LogP contribution in [0, 0.1) is 17.8 Å². The molecule has 9 nitrogen and oxygen atoms in total. The third kappa shape index (κ3) is 6.71. The third-order valence-corrected chi connectivity index (χ3v) is 12.3. The molecule has 2 aliphatic heterocycles. The molecule has 2 aliphatic carbocycles. The van der Waals surface area contributed by atoms with Crippen molar-refractivity contribution in [2.75, 3.05) is 38.3 Å². The Labute approximate surface area is 283 Å². The molecule has 11 heteroatoms. The Bertz CT molecular complexity index is 1700. The molecule has 1 saturated carbocycles. The normalized spacial score (nSPS) is 31.0. The average Bonchev–Trinajstić information content (AvgIpc) is 3.16. The van der Waals surface area contributed by atoms with Gasteiger partial charge in [-0.25, -0.2) is 4.21 Å². The number of nitrogens with zero attached hydrogens (tertiary/aromatic N) is 2. The SMILES string of the molecule is CO[C@H]1/C=C/COC(C)(C)C(=O)N=[S@@](=O)(NC(=O)C(C)C)c2ccc3c(c2)N(C[C@@H]2CC[C@H]21)C[C@@]1(CCCc2cc(Cl)ccc21)CO3. The van der Waals surface area contributed by atoms with Gasteiger partial charge in [-0.2, -0.15) is 0 Å². The van der Waals surface area contributed by atoms with E-state index in [0.717, 1.165) is 49.4 Å². The molecule has 0 unspecified atom stereocenters. The van der Waals surface area contributed by atoms with Crippen molar-refractivity contribution in [2.45, 2.75) is 81.8 Å². The van der Waals surface area contributed by atoms with E-state index in [1.165, 1.54) is 11.1 Å². The average molecular weight is 684 g/mol. The fraction of sp³-hybridized carbons (Fsp3) is 0.556. The summed E-state index contributed by atoms with van der Waals surface area (Å²) in [5.41, 5.74) is 1.60. The van der Waals surface area contributed by atoms with Crippen molar-refractivity contribution in [1.82, 2.24) is 4.72 Å². The Kier molecular flexibility index (Phi) is 9.52. The van der Waals surface area contributed by atoms with Crippen LogP contribution in [0.5, 0.6) is 5.75 Å². The molecule has 47 heavy (non-hydrogen) atoms. The highest BCUT2D eigenvalue weighted by molar-refractivity contribution is 7.92. The van der Waals surface area contributed by atoms with Gasteiger partial charge in [0.05, 0.1) is 29.9 Å². The van der Waals surface area contributed by atoms with E-state index in [0.29, 0.717) is 30.7 Å². The fourth-order valence-corrected chi connectivity index (χ4v) is 9.27. The van der Waals surface area contributed by atoms with Crippen LogP contribution in [0.2, 0.25) is 5.02 Å². The number of fused-ring (bicyclic) bond motifs is 4. The summed E-state index contributed by atoms with van der Waals surface area (Å²) in [7, 11) is -2.01. The van der Waals surface area contributed by atoms with Gasteiger partial charge < -0.3 is 19.1 Å². The van der Waals surface area contributed by atoms with E-state index in [-0.39, 0.29) is 23.0 Å². The van der Waals surface area contributed by atoms with Gasteiger partial charge in [-0.3, -0.25) is 14.3 Å². The number of amides is 2. The molecule has 1 N–H and O–H groups in total. The molecule has 2 bridgehead atoms. The molecule has 2 amide bonds. The minimum atomic E-state index is -3.74. The number of methoxy groups -OCH3 is 1. The fourth-order valence-electron chi connectivity index (χ4n) is 7.32. The van der Waals surface area contributed by atoms with Crippen LogP contribution in [0.3, 0.4) is 0 Å². The molecule has 1 fully saturated rings. The Morgan fingerprint density at radius 1 is 1.19 bits per heavy atom. The molecular weight excluding hydrogens is 638 g/mol. The standard InChI is InChI=1S/C36H46ClN3O6S/c1-23(2)33(41)38-47(43)27-12-15-32-30(19-27)40(21-36(22-45-32)16-6-8-24-18-26(37)11-14-29(24)36)20-25-10-13-28(25)31(44-5)9-7-17-46-35(3,4)34(42)39-47/h7,9,11-12,14-15,18-19,23,25,28,31H,6,8,10,13,16-17,20-22H2,1-5H3,(H,38,39,41,42,43)/b9-7+/t25-,28+,31-,36-,47-/m0/s1. The highest BCUT2D eigenvalue weighted by Crippen LogP contribution is 2.47. The van der Waals surface area contributed by atoms with Gasteiger partial charge in [0, 0.05) is 36.6 Å². The summed E-state index contributed by atoms with van der Waals surface area (Å²) in [6, 6.07) is 11.4. The summed E-state index contributed by atoms with van der Waals surface area (Å²) >= 11 is 6.45. The second-order valence-electron chi connectivity index (χ2n) is 14.2. The predicted molar refractivity (Wildman–Crippen MR) is 183 cm³/mol. The number of aryl methyl sites for hydroxylation is 1. The molecule has 2 aromatic rings. The Hall–Kier alpha value is -2.92. The van der Waals surface area contributed by atoms with Crippen molar-refractivity contribution in [2.24, 2.45) is 22.1 Å². The van der Waals surface area contributed by atoms with Gasteiger partial charge in [0.25, 0.3) is 5.91 Å². The predicted octanol–water partition coefficient (Wildman–Crippen LogP) is 6.26. The molecule has 6 rings (SSSR count). The number of hydrogen-bond donors (Lipinski definition) is 1. The van der Waals surface area contributed by atoms with Crippen LogP contribution in [0.15, 0.2) is 57.8 Å². The number of benzene rings is 2. The van der Waals surface area contributed by atoms with Gasteiger partial charge >= 0.3 is 0 Å². The Morgan fingerprint density at radius 2 is 2.00 bits per heavy atom. The first-order valence-electron chi connectivity index (χ1n) is 16.6. The summed E-state index contributed by atoms with van der Waals surface area (Å²) in [5, 5.41) is 0.731. The summed E-state index contributed by atoms with van der Waals surface area (Å²) in [6.45, 7) is 8.66. The highest BCUT2D eigenvalue weighted by atomic mass is 35.5. The van der Waals surface area contributed by atoms with Crippen LogP contribution < -0.4 is 14.4 Å². The van der Waals surface area contributed by atoms with Crippen LogP contribution in [-0.4, -0.2) is 61.1 Å². The molecule has 0 radical (unpaired) electrons. The number of nitrogens with one attached hydrogen (secondary N) is 1. The first-order chi connectivity index (χ1) is 22.3. The maximum Gasteiger partial charge on any atom is 0.287 e. The second-order valence-corrected chi connectivity index (χ2v) is 16.6. The van der Waals surface area contributed by atoms with E-state index >= 15 is 0 Å². The number of anilines is 1. The number of halogens is 1. The summed E-state index contributed by atoms with van der Waals surface area (Å²) in [5.74, 6) is -0.366. The van der Waals surface area contributed by atoms with Crippen molar-refractivity contribution in [3.05, 3.63) is 64.7 Å². The number of ether oxygens (including phenoxy) is 3. The minimum absolute atomic E-state index is 0.0979. The van der Waals surface area contributed by atoms with Gasteiger partial charge in [-0.05, 0) is 99.2 Å². The van der Waals surface area contributed by atoms with Gasteiger partial charge in [0.15, 0.2) is 9.92 Å². The van der Waals surface area contributed by atoms with Crippen molar-refractivity contribution >= 4 is 39.0 Å². The highest BCUT2D eigenvalue weighted by Gasteiger charge is 2.44. The van der Waals surface area contributed by atoms with Crippen molar-refractivity contribution in [3.8, 4) is 5.75 Å². The molecule has 254 valence electrons. The quantitative estimate of drug-likeness (QED) is 0.381. The largest absolute Gasteiger partial charge is 0.490 e. The monoisotopic (exact) mass is 683 g/mol. The van der Waals surface area contributed by atoms with Crippen LogP contribution in [0.25, 0.3) is 0 Å². The number of carbonyl (C=O) groups excluding carboxylic acids is 2. The molecule has 5 atom stereocenters. The van der Waals surface area contributed by atoms with E-state index in [1.54, 1.807) is 53.0 Å². The second kappa shape index (κ2) is 13.2. The minimum Gasteiger partial charge on any atom is -0.490 e. The Morgan fingerprint density at radius 3 is 2.72 bits per heavy atom. The molecule has 1 spiro atoms. The number of carbonyl (C=O) groups is 2. The van der Waals surface area contributed by atoms with E-state index in [9.17, 15) is 13.8 Å². The maximum absolute atomic E-state index is 14.8. The van der Waals surface area contributed by atoms with Gasteiger partial charge in [0.2, 0.25) is 5.91 Å². The number of hydrogen-bond acceptors (Lipinski definition) is 7. The van der Waals surface area contributed by atoms with Crippen LogP contribution in [0.1, 0.15) is 64.5 Å². The topological polar surface area (TPSA) is 107 Å². The van der Waals surface area contributed by atoms with Gasteiger partial charge in [0.1, 0.15) is 11.4 Å². The lowest BCUT2D eigenvalue weighted by Gasteiger charge is -2.46. The summed E-state index contributed by atoms with van der Waals surface area (Å²) in [4.78, 5) is 29.2. The van der Waals surface area contributed by atoms with E-state index < -0.39 is 33.2 Å². The zero-order valence-corrected chi connectivity index (χ0v) is 29.5. The van der Waals surface area contributed by atoms with Gasteiger partial charge in [-0.1, -0.05) is 43.7 Å². The summed E-state index contributed by atoms with van der Waals surface area (Å²) in [6.07, 6.45) is 8.83. The van der Waals surface area contributed by atoms with E-state index in [2.05, 4.69) is 26.1 Å². The zero-order chi connectivity index (χ0) is 33.6. The first-order valence-corrected chi connectivity index (χ1v) is 18.5. The van der Waals surface area contributed by atoms with Crippen molar-refractivity contribution < 1.29 is 28.0 Å². The zero-order valence-electron chi connectivity index (χ0n) is 27.9. The van der Waals surface area contributed by atoms with Gasteiger partial charge in [-0.15, -0.1) is 4.36 Å². The van der Waals surface area contributed by atoms with E-state index in [4.69, 9.17) is 25.8 Å². The smallest absolute Gasteiger partial charge is 0.287 e. The molecule has 4 aliphatic rings. The molecule has 0 saturated heterocycles. The lowest BCUT2D eigenvalue weighted by atomic mass is 9.68. The molecule has 0 aromatic heterocycles. The lowest BCUT2D eigenvalue weighted by Crippen LogP contribution is -2.49. The first kappa shape index (κ1) is 34.0. The van der Waals surface area contributed by atoms with Crippen LogP contribution in [0.4, 0.5) is 5.69 Å². The van der Waals surface area contributed by atoms with Crippen LogP contribution in [-0.2, 0) is 40.8 Å².